The third kappa shape index (κ3) is 10.7. The first-order valence-electron chi connectivity index (χ1n) is 8.30. The topological polar surface area (TPSA) is 29.5 Å². The van der Waals surface area contributed by atoms with Gasteiger partial charge in [-0.1, -0.05) is 67.1 Å². The molecule has 1 unspecified atom stereocenters. The maximum absolute atomic E-state index is 9.89. The van der Waals surface area contributed by atoms with Gasteiger partial charge in [0.1, 0.15) is 0 Å². The summed E-state index contributed by atoms with van der Waals surface area (Å²) in [6, 6.07) is 8.32. The Balaban J connectivity index is 1.93. The largest absolute Gasteiger partial charge is 0.390 e. The summed E-state index contributed by atoms with van der Waals surface area (Å²) < 4.78 is 6.65. The Morgan fingerprint density at radius 2 is 1.77 bits per heavy atom. The van der Waals surface area contributed by atoms with Gasteiger partial charge in [-0.05, 0) is 24.1 Å². The molecule has 0 aliphatic heterocycles. The van der Waals surface area contributed by atoms with E-state index in [1.54, 1.807) is 11.8 Å². The van der Waals surface area contributed by atoms with Crippen LogP contribution in [0.15, 0.2) is 28.7 Å². The molecule has 1 rings (SSSR count). The van der Waals surface area contributed by atoms with Crippen molar-refractivity contribution in [2.45, 2.75) is 57.3 Å². The van der Waals surface area contributed by atoms with Crippen LogP contribution in [0, 0.1) is 0 Å². The van der Waals surface area contributed by atoms with Crippen LogP contribution in [0.1, 0.15) is 51.0 Å². The van der Waals surface area contributed by atoms with E-state index < -0.39 is 0 Å². The summed E-state index contributed by atoms with van der Waals surface area (Å²) in [5, 5.41) is 9.89. The van der Waals surface area contributed by atoms with Gasteiger partial charge in [0.25, 0.3) is 0 Å². The fourth-order valence-corrected chi connectivity index (χ4v) is 3.32. The highest BCUT2D eigenvalue weighted by Gasteiger charge is 2.05. The lowest BCUT2D eigenvalue weighted by molar-refractivity contribution is 0.0467. The fraction of sp³-hybridized carbons (Fsp3) is 0.667. The van der Waals surface area contributed by atoms with E-state index >= 15 is 0 Å². The number of hydrogen-bond donors (Lipinski definition) is 1. The highest BCUT2D eigenvalue weighted by molar-refractivity contribution is 9.10. The zero-order valence-electron chi connectivity index (χ0n) is 13.6. The molecule has 1 N–H and O–H groups in total. The van der Waals surface area contributed by atoms with Crippen molar-refractivity contribution in [3.63, 3.8) is 0 Å². The fourth-order valence-electron chi connectivity index (χ4n) is 2.15. The molecule has 0 aliphatic carbocycles. The number of hydrogen-bond acceptors (Lipinski definition) is 3. The second-order valence-electron chi connectivity index (χ2n) is 5.64. The number of ether oxygens (including phenoxy) is 1. The number of aliphatic hydroxyl groups excluding tert-OH is 1. The van der Waals surface area contributed by atoms with Crippen molar-refractivity contribution in [1.29, 1.82) is 0 Å². The summed E-state index contributed by atoms with van der Waals surface area (Å²) >= 11 is 5.18. The van der Waals surface area contributed by atoms with Crippen LogP contribution in [0.2, 0.25) is 0 Å². The van der Waals surface area contributed by atoms with E-state index in [1.807, 2.05) is 0 Å². The van der Waals surface area contributed by atoms with E-state index in [4.69, 9.17) is 4.74 Å². The van der Waals surface area contributed by atoms with Crippen molar-refractivity contribution in [2.75, 3.05) is 19.0 Å². The minimum Gasteiger partial charge on any atom is -0.390 e. The molecule has 1 aromatic carbocycles. The van der Waals surface area contributed by atoms with E-state index in [0.29, 0.717) is 6.61 Å². The number of benzene rings is 1. The molecule has 0 aliphatic rings. The standard InChI is InChI=1S/C18H29BrO2S/c1-2-3-4-5-6-7-12-21-13-18(20)15-22-14-16-8-10-17(19)11-9-16/h8-11,18,20H,2-7,12-15H2,1H3. The molecular weight excluding hydrogens is 360 g/mol. The van der Waals surface area contributed by atoms with Crippen LogP contribution in [-0.4, -0.2) is 30.2 Å². The molecule has 0 saturated heterocycles. The molecule has 126 valence electrons. The van der Waals surface area contributed by atoms with Crippen molar-refractivity contribution in [3.8, 4) is 0 Å². The molecule has 4 heteroatoms. The lowest BCUT2D eigenvalue weighted by Crippen LogP contribution is -2.18. The number of halogens is 1. The monoisotopic (exact) mass is 388 g/mol. The van der Waals surface area contributed by atoms with Gasteiger partial charge in [-0.2, -0.15) is 11.8 Å². The van der Waals surface area contributed by atoms with Gasteiger partial charge in [-0.3, -0.25) is 0 Å². The maximum atomic E-state index is 9.89. The first kappa shape index (κ1) is 20.0. The van der Waals surface area contributed by atoms with Crippen molar-refractivity contribution in [2.24, 2.45) is 0 Å². The average molecular weight is 389 g/mol. The Labute approximate surface area is 148 Å². The Hall–Kier alpha value is -0.0300. The SMILES string of the molecule is CCCCCCCCOCC(O)CSCc1ccc(Br)cc1. The Bertz CT molecular complexity index is 370. The molecule has 1 atom stereocenters. The minimum atomic E-state index is -0.361. The van der Waals surface area contributed by atoms with Crippen LogP contribution in [0.4, 0.5) is 0 Å². The van der Waals surface area contributed by atoms with Crippen molar-refractivity contribution in [3.05, 3.63) is 34.3 Å². The van der Waals surface area contributed by atoms with E-state index in [1.165, 1.54) is 37.7 Å². The van der Waals surface area contributed by atoms with E-state index in [9.17, 15) is 5.11 Å². The highest BCUT2D eigenvalue weighted by Crippen LogP contribution is 2.16. The predicted octanol–water partition coefficient (Wildman–Crippen LogP) is 5.42. The molecule has 0 spiro atoms. The van der Waals surface area contributed by atoms with Gasteiger partial charge < -0.3 is 9.84 Å². The highest BCUT2D eigenvalue weighted by atomic mass is 79.9. The molecule has 0 bridgehead atoms. The van der Waals surface area contributed by atoms with Crippen LogP contribution in [0.5, 0.6) is 0 Å². The first-order chi connectivity index (χ1) is 10.7. The second kappa shape index (κ2) is 13.4. The second-order valence-corrected chi connectivity index (χ2v) is 7.58. The smallest absolute Gasteiger partial charge is 0.0863 e. The Kier molecular flexibility index (Phi) is 12.2. The lowest BCUT2D eigenvalue weighted by atomic mass is 10.1. The van der Waals surface area contributed by atoms with Crippen molar-refractivity contribution in [1.82, 2.24) is 0 Å². The van der Waals surface area contributed by atoms with E-state index in [-0.39, 0.29) is 6.10 Å². The summed E-state index contributed by atoms with van der Waals surface area (Å²) in [4.78, 5) is 0. The number of aliphatic hydroxyl groups is 1. The quantitative estimate of drug-likeness (QED) is 0.457. The zero-order chi connectivity index (χ0) is 16.0. The number of thioether (sulfide) groups is 1. The molecule has 0 fully saturated rings. The van der Waals surface area contributed by atoms with Gasteiger partial charge in [0.2, 0.25) is 0 Å². The molecule has 0 radical (unpaired) electrons. The first-order valence-corrected chi connectivity index (χ1v) is 10.2. The van der Waals surface area contributed by atoms with E-state index in [2.05, 4.69) is 47.1 Å². The van der Waals surface area contributed by atoms with Gasteiger partial charge >= 0.3 is 0 Å². The normalized spacial score (nSPS) is 12.5. The molecule has 0 heterocycles. The average Bonchev–Trinajstić information content (AvgIpc) is 2.52. The van der Waals surface area contributed by atoms with Gasteiger partial charge in [0.05, 0.1) is 12.7 Å². The lowest BCUT2D eigenvalue weighted by Gasteiger charge is -2.11. The van der Waals surface area contributed by atoms with Crippen LogP contribution in [0.3, 0.4) is 0 Å². The summed E-state index contributed by atoms with van der Waals surface area (Å²) in [7, 11) is 0. The summed E-state index contributed by atoms with van der Waals surface area (Å²) in [5.41, 5.74) is 1.29. The molecule has 0 amide bonds. The van der Waals surface area contributed by atoms with Crippen LogP contribution >= 0.6 is 27.7 Å². The summed E-state index contributed by atoms with van der Waals surface area (Å²) in [6.45, 7) is 3.47. The predicted molar refractivity (Wildman–Crippen MR) is 101 cm³/mol. The molecular formula is C18H29BrO2S. The zero-order valence-corrected chi connectivity index (χ0v) is 16.0. The van der Waals surface area contributed by atoms with Gasteiger partial charge in [0, 0.05) is 22.6 Å². The Morgan fingerprint density at radius 3 is 2.50 bits per heavy atom. The summed E-state index contributed by atoms with van der Waals surface area (Å²) in [5.74, 6) is 1.66. The minimum absolute atomic E-state index is 0.361. The van der Waals surface area contributed by atoms with Crippen LogP contribution in [-0.2, 0) is 10.5 Å². The van der Waals surface area contributed by atoms with E-state index in [0.717, 1.165) is 29.0 Å². The molecule has 0 saturated carbocycles. The Morgan fingerprint density at radius 1 is 1.09 bits per heavy atom. The van der Waals surface area contributed by atoms with Gasteiger partial charge in [0.15, 0.2) is 0 Å². The van der Waals surface area contributed by atoms with Gasteiger partial charge in [-0.25, -0.2) is 0 Å². The van der Waals surface area contributed by atoms with Crippen LogP contribution < -0.4 is 0 Å². The van der Waals surface area contributed by atoms with Crippen LogP contribution in [0.25, 0.3) is 0 Å². The maximum Gasteiger partial charge on any atom is 0.0863 e. The third-order valence-corrected chi connectivity index (χ3v) is 5.13. The molecule has 0 aromatic heterocycles. The van der Waals surface area contributed by atoms with Gasteiger partial charge in [-0.15, -0.1) is 0 Å². The molecule has 22 heavy (non-hydrogen) atoms. The third-order valence-electron chi connectivity index (χ3n) is 3.44. The number of rotatable bonds is 13. The van der Waals surface area contributed by atoms with Crippen molar-refractivity contribution >= 4 is 27.7 Å². The summed E-state index contributed by atoms with van der Waals surface area (Å²) in [6.07, 6.45) is 7.28. The number of unbranched alkanes of at least 4 members (excludes halogenated alkanes) is 5. The molecule has 1 aromatic rings. The molecule has 2 nitrogen and oxygen atoms in total. The van der Waals surface area contributed by atoms with Crippen molar-refractivity contribution < 1.29 is 9.84 Å².